The summed E-state index contributed by atoms with van der Waals surface area (Å²) in [5.74, 6) is -0.0730. The van der Waals surface area contributed by atoms with Crippen LogP contribution in [-0.2, 0) is 0 Å². The maximum atomic E-state index is 5.35. The van der Waals surface area contributed by atoms with Gasteiger partial charge in [0.05, 0.1) is 5.71 Å². The summed E-state index contributed by atoms with van der Waals surface area (Å²) >= 11 is 4.73. The molecule has 0 aliphatic heterocycles. The third-order valence-electron chi connectivity index (χ3n) is 1.89. The van der Waals surface area contributed by atoms with E-state index in [-0.39, 0.29) is 11.1 Å². The van der Waals surface area contributed by atoms with E-state index in [1.165, 1.54) is 0 Å². The Kier molecular flexibility index (Phi) is 4.41. The molecule has 0 aliphatic carbocycles. The third-order valence-corrected chi connectivity index (χ3v) is 1.99. The molecule has 0 amide bonds. The normalized spacial score (nSPS) is 10.8. The lowest BCUT2D eigenvalue weighted by Gasteiger charge is -2.04. The summed E-state index contributed by atoms with van der Waals surface area (Å²) in [4.78, 5) is 0. The third kappa shape index (κ3) is 4.47. The molecular weight excluding hydrogens is 236 g/mol. The quantitative estimate of drug-likeness (QED) is 0.267. The summed E-state index contributed by atoms with van der Waals surface area (Å²) in [5, 5.41) is 10.5. The van der Waals surface area contributed by atoms with Gasteiger partial charge in [-0.25, -0.2) is 0 Å². The Hall–Kier alpha value is -2.15. The van der Waals surface area contributed by atoms with Gasteiger partial charge in [-0.15, -0.1) is 5.10 Å². The molecule has 0 atom stereocenters. The van der Waals surface area contributed by atoms with E-state index in [0.29, 0.717) is 5.71 Å². The lowest BCUT2D eigenvalue weighted by Crippen LogP contribution is -2.22. The predicted octanol–water partition coefficient (Wildman–Crippen LogP) is 0.340. The predicted molar refractivity (Wildman–Crippen MR) is 74.9 cm³/mol. The molecule has 7 N–H and O–H groups in total. The first-order valence-corrected chi connectivity index (χ1v) is 5.20. The van der Waals surface area contributed by atoms with Gasteiger partial charge in [-0.1, -0.05) is 12.1 Å². The number of nitrogens with two attached hydrogens (primary N) is 3. The molecule has 1 rings (SSSR count). The number of anilines is 1. The van der Waals surface area contributed by atoms with Crippen LogP contribution in [0.3, 0.4) is 0 Å². The number of nitrogens with one attached hydrogen (secondary N) is 1. The molecule has 0 aliphatic rings. The van der Waals surface area contributed by atoms with E-state index in [9.17, 15) is 0 Å². The molecule has 1 aromatic carbocycles. The number of rotatable bonds is 3. The zero-order valence-corrected chi connectivity index (χ0v) is 10.2. The smallest absolute Gasteiger partial charge is 0.211 e. The molecule has 7 heteroatoms. The van der Waals surface area contributed by atoms with Gasteiger partial charge in [0.15, 0.2) is 5.11 Å². The molecule has 0 heterocycles. The van der Waals surface area contributed by atoms with Crippen molar-refractivity contribution < 1.29 is 0 Å². The molecule has 0 spiro atoms. The number of guanidine groups is 1. The molecule has 0 bridgehead atoms. The minimum Gasteiger partial charge on any atom is -0.376 e. The summed E-state index contributed by atoms with van der Waals surface area (Å²) in [7, 11) is 0. The number of benzene rings is 1. The molecule has 90 valence electrons. The summed E-state index contributed by atoms with van der Waals surface area (Å²) in [6.07, 6.45) is 0. The second-order valence-electron chi connectivity index (χ2n) is 3.28. The molecule has 0 unspecified atom stereocenters. The van der Waals surface area contributed by atoms with Crippen molar-refractivity contribution in [3.8, 4) is 0 Å². The number of nitrogens with zero attached hydrogens (tertiary/aromatic N) is 2. The minimum absolute atomic E-state index is 0.0730. The van der Waals surface area contributed by atoms with Crippen molar-refractivity contribution in [2.24, 2.45) is 27.4 Å². The lowest BCUT2D eigenvalue weighted by molar-refractivity contribution is 1.20. The van der Waals surface area contributed by atoms with E-state index in [1.807, 2.05) is 31.2 Å². The van der Waals surface area contributed by atoms with Crippen LogP contribution in [0, 0.1) is 0 Å². The molecule has 6 nitrogen and oxygen atoms in total. The Morgan fingerprint density at radius 1 is 1.12 bits per heavy atom. The second kappa shape index (κ2) is 5.80. The first-order chi connectivity index (χ1) is 7.99. The van der Waals surface area contributed by atoms with Crippen LogP contribution in [-0.4, -0.2) is 16.8 Å². The molecule has 0 saturated carbocycles. The topological polar surface area (TPSA) is 115 Å². The summed E-state index contributed by atoms with van der Waals surface area (Å²) in [6.45, 7) is 1.81. The van der Waals surface area contributed by atoms with E-state index in [0.717, 1.165) is 11.3 Å². The average molecular weight is 250 g/mol. The van der Waals surface area contributed by atoms with Crippen molar-refractivity contribution in [3.05, 3.63) is 29.8 Å². The Labute approximate surface area is 105 Å². The Balaban J connectivity index is 2.84. The maximum absolute atomic E-state index is 5.35. The van der Waals surface area contributed by atoms with Crippen LogP contribution in [0.15, 0.2) is 34.5 Å². The highest BCUT2D eigenvalue weighted by Gasteiger charge is 1.98. The highest BCUT2D eigenvalue weighted by atomic mass is 32.1. The van der Waals surface area contributed by atoms with Gasteiger partial charge in [0.1, 0.15) is 0 Å². The zero-order chi connectivity index (χ0) is 12.8. The van der Waals surface area contributed by atoms with E-state index >= 15 is 0 Å². The molecule has 0 radical (unpaired) electrons. The fourth-order valence-corrected chi connectivity index (χ4v) is 1.25. The van der Waals surface area contributed by atoms with Crippen LogP contribution in [0.25, 0.3) is 0 Å². The van der Waals surface area contributed by atoms with Crippen LogP contribution in [0.1, 0.15) is 12.5 Å². The van der Waals surface area contributed by atoms with Crippen molar-refractivity contribution in [3.63, 3.8) is 0 Å². The summed E-state index contributed by atoms with van der Waals surface area (Å²) in [5.41, 5.74) is 18.1. The van der Waals surface area contributed by atoms with Gasteiger partial charge in [0, 0.05) is 5.69 Å². The van der Waals surface area contributed by atoms with Crippen molar-refractivity contribution in [1.29, 1.82) is 0 Å². The summed E-state index contributed by atoms with van der Waals surface area (Å²) in [6, 6.07) is 7.40. The van der Waals surface area contributed by atoms with Gasteiger partial charge in [0.2, 0.25) is 5.96 Å². The Bertz CT molecular complexity index is 458. The highest BCUT2D eigenvalue weighted by molar-refractivity contribution is 7.80. The standard InChI is InChI=1S/C10H14N6S/c1-6(15-16-9(11)12)7-2-4-8(5-3-7)14-10(13)17/h2-5H,1H3,(H4,11,12,16)(H3,13,14,17). The van der Waals surface area contributed by atoms with Crippen molar-refractivity contribution in [1.82, 2.24) is 0 Å². The molecule has 0 aromatic heterocycles. The van der Waals surface area contributed by atoms with Gasteiger partial charge >= 0.3 is 0 Å². The van der Waals surface area contributed by atoms with Gasteiger partial charge < -0.3 is 22.5 Å². The van der Waals surface area contributed by atoms with Crippen LogP contribution in [0.2, 0.25) is 0 Å². The monoisotopic (exact) mass is 250 g/mol. The van der Waals surface area contributed by atoms with E-state index in [1.54, 1.807) is 0 Å². The molecule has 0 fully saturated rings. The number of thiocarbonyl (C=S) groups is 1. The highest BCUT2D eigenvalue weighted by Crippen LogP contribution is 2.10. The van der Waals surface area contributed by atoms with Crippen LogP contribution in [0.4, 0.5) is 5.69 Å². The van der Waals surface area contributed by atoms with Gasteiger partial charge in [-0.3, -0.25) is 0 Å². The first-order valence-electron chi connectivity index (χ1n) is 4.79. The van der Waals surface area contributed by atoms with Gasteiger partial charge in [-0.05, 0) is 36.8 Å². The van der Waals surface area contributed by atoms with E-state index in [2.05, 4.69) is 15.5 Å². The van der Waals surface area contributed by atoms with Crippen molar-refractivity contribution in [2.45, 2.75) is 6.92 Å². The molecular formula is C10H14N6S. The van der Waals surface area contributed by atoms with Crippen LogP contribution < -0.4 is 22.5 Å². The first kappa shape index (κ1) is 12.9. The van der Waals surface area contributed by atoms with E-state index in [4.69, 9.17) is 29.4 Å². The Morgan fingerprint density at radius 2 is 1.71 bits per heavy atom. The summed E-state index contributed by atoms with van der Waals surface area (Å²) < 4.78 is 0. The zero-order valence-electron chi connectivity index (χ0n) is 9.34. The Morgan fingerprint density at radius 3 is 2.18 bits per heavy atom. The van der Waals surface area contributed by atoms with E-state index < -0.39 is 0 Å². The van der Waals surface area contributed by atoms with Crippen LogP contribution >= 0.6 is 12.2 Å². The van der Waals surface area contributed by atoms with Crippen molar-refractivity contribution in [2.75, 3.05) is 5.32 Å². The molecule has 17 heavy (non-hydrogen) atoms. The molecule has 0 saturated heterocycles. The minimum atomic E-state index is -0.0730. The number of hydrogen-bond donors (Lipinski definition) is 4. The SMILES string of the molecule is CC(=NN=C(N)N)c1ccc(NC(N)=S)cc1. The largest absolute Gasteiger partial charge is 0.376 e. The van der Waals surface area contributed by atoms with Gasteiger partial charge in [-0.2, -0.15) is 5.10 Å². The van der Waals surface area contributed by atoms with Crippen molar-refractivity contribution >= 4 is 34.7 Å². The van der Waals surface area contributed by atoms with Gasteiger partial charge in [0.25, 0.3) is 0 Å². The second-order valence-corrected chi connectivity index (χ2v) is 3.72. The molecule has 1 aromatic rings. The van der Waals surface area contributed by atoms with Crippen LogP contribution in [0.5, 0.6) is 0 Å². The maximum Gasteiger partial charge on any atom is 0.211 e. The number of hydrogen-bond acceptors (Lipinski definition) is 3. The fourth-order valence-electron chi connectivity index (χ4n) is 1.13. The average Bonchev–Trinajstić information content (AvgIpc) is 2.26. The fraction of sp³-hybridized carbons (Fsp3) is 0.100. The lowest BCUT2D eigenvalue weighted by atomic mass is 10.1.